The van der Waals surface area contributed by atoms with Crippen molar-refractivity contribution in [3.8, 4) is 0 Å². The molecule has 174 valence electrons. The van der Waals surface area contributed by atoms with Gasteiger partial charge < -0.3 is 9.47 Å². The summed E-state index contributed by atoms with van der Waals surface area (Å²) in [5.41, 5.74) is 2.83. The maximum absolute atomic E-state index is 12.3. The lowest BCUT2D eigenvalue weighted by molar-refractivity contribution is -0.0442. The van der Waals surface area contributed by atoms with E-state index in [1.807, 2.05) is 20.8 Å². The fraction of sp³-hybridized carbons (Fsp3) is 0.407. The Kier molecular flexibility index (Phi) is 7.26. The Labute approximate surface area is 196 Å². The first-order valence-electron chi connectivity index (χ1n) is 11.6. The summed E-state index contributed by atoms with van der Waals surface area (Å²) in [7, 11) is 0. The number of aromatic nitrogens is 2. The molecule has 2 aromatic carbocycles. The van der Waals surface area contributed by atoms with Gasteiger partial charge in [-0.3, -0.25) is 4.90 Å². The van der Waals surface area contributed by atoms with E-state index in [9.17, 15) is 4.79 Å². The third-order valence-corrected chi connectivity index (χ3v) is 5.76. The van der Waals surface area contributed by atoms with Crippen LogP contribution in [0.3, 0.4) is 0 Å². The maximum atomic E-state index is 12.3. The highest BCUT2D eigenvalue weighted by atomic mass is 16.6. The lowest BCUT2D eigenvalue weighted by atomic mass is 10.0. The van der Waals surface area contributed by atoms with Crippen LogP contribution in [0, 0.1) is 0 Å². The van der Waals surface area contributed by atoms with E-state index in [0.717, 1.165) is 31.6 Å². The van der Waals surface area contributed by atoms with Crippen LogP contribution in [0.1, 0.15) is 56.5 Å². The van der Waals surface area contributed by atoms with Crippen molar-refractivity contribution in [1.29, 1.82) is 0 Å². The van der Waals surface area contributed by atoms with Gasteiger partial charge in [-0.05, 0) is 44.7 Å². The quantitative estimate of drug-likeness (QED) is 0.493. The van der Waals surface area contributed by atoms with E-state index in [0.29, 0.717) is 12.6 Å². The van der Waals surface area contributed by atoms with E-state index in [2.05, 4.69) is 70.5 Å². The van der Waals surface area contributed by atoms with Gasteiger partial charge in [-0.2, -0.15) is 0 Å². The summed E-state index contributed by atoms with van der Waals surface area (Å²) in [5, 5.41) is 0. The van der Waals surface area contributed by atoms with E-state index in [1.165, 1.54) is 22.0 Å². The van der Waals surface area contributed by atoms with Crippen molar-refractivity contribution in [2.75, 3.05) is 6.61 Å². The molecule has 6 nitrogen and oxygen atoms in total. The van der Waals surface area contributed by atoms with Crippen molar-refractivity contribution in [3.63, 3.8) is 0 Å². The minimum Gasteiger partial charge on any atom is -0.443 e. The molecule has 1 fully saturated rings. The van der Waals surface area contributed by atoms with Gasteiger partial charge in [-0.25, -0.2) is 14.3 Å². The normalized spacial score (nSPS) is 18.9. The van der Waals surface area contributed by atoms with Gasteiger partial charge in [0, 0.05) is 25.3 Å². The minimum atomic E-state index is -0.545. The standard InChI is InChI=1S/C27H33N3O3/c1-27(2,3)33-26(31)30-18-24(28-20-30)25-15-14-23(19-32-25)29(16-21-10-6-4-7-11-21)17-22-12-8-5-9-13-22/h4-13,18,20,23,25H,14-17,19H2,1-3H3/t23-,25?/m0/s1. The molecule has 0 amide bonds. The smallest absolute Gasteiger partial charge is 0.419 e. The van der Waals surface area contributed by atoms with Gasteiger partial charge in [-0.15, -0.1) is 0 Å². The van der Waals surface area contributed by atoms with E-state index in [-0.39, 0.29) is 6.10 Å². The van der Waals surface area contributed by atoms with Crippen molar-refractivity contribution in [2.45, 2.75) is 64.4 Å². The van der Waals surface area contributed by atoms with Gasteiger partial charge in [0.2, 0.25) is 0 Å². The van der Waals surface area contributed by atoms with Crippen molar-refractivity contribution in [1.82, 2.24) is 14.5 Å². The second kappa shape index (κ2) is 10.3. The van der Waals surface area contributed by atoms with Crippen LogP contribution < -0.4 is 0 Å². The number of hydrogen-bond donors (Lipinski definition) is 0. The van der Waals surface area contributed by atoms with E-state index < -0.39 is 11.7 Å². The van der Waals surface area contributed by atoms with Crippen LogP contribution in [0.4, 0.5) is 4.79 Å². The van der Waals surface area contributed by atoms with E-state index >= 15 is 0 Å². The van der Waals surface area contributed by atoms with Gasteiger partial charge in [0.1, 0.15) is 18.0 Å². The Bertz CT molecular complexity index is 978. The van der Waals surface area contributed by atoms with Gasteiger partial charge >= 0.3 is 6.09 Å². The van der Waals surface area contributed by atoms with Crippen LogP contribution in [-0.4, -0.2) is 38.8 Å². The Hall–Kier alpha value is -2.96. The fourth-order valence-corrected chi connectivity index (χ4v) is 4.13. The van der Waals surface area contributed by atoms with Gasteiger partial charge in [0.05, 0.1) is 12.3 Å². The van der Waals surface area contributed by atoms with Crippen LogP contribution in [0.2, 0.25) is 0 Å². The molecule has 0 radical (unpaired) electrons. The average Bonchev–Trinajstić information content (AvgIpc) is 3.30. The first-order chi connectivity index (χ1) is 15.9. The molecule has 3 aromatic rings. The highest BCUT2D eigenvalue weighted by molar-refractivity contribution is 5.70. The molecule has 2 heterocycles. The van der Waals surface area contributed by atoms with Crippen molar-refractivity contribution in [2.24, 2.45) is 0 Å². The second-order valence-electron chi connectivity index (χ2n) is 9.62. The van der Waals surface area contributed by atoms with Crippen LogP contribution in [0.15, 0.2) is 73.2 Å². The number of nitrogens with zero attached hydrogens (tertiary/aromatic N) is 3. The minimum absolute atomic E-state index is 0.111. The van der Waals surface area contributed by atoms with Crippen molar-refractivity contribution < 1.29 is 14.3 Å². The van der Waals surface area contributed by atoms with Crippen LogP contribution in [0.5, 0.6) is 0 Å². The van der Waals surface area contributed by atoms with Crippen LogP contribution in [0.25, 0.3) is 0 Å². The Morgan fingerprint density at radius 3 is 2.15 bits per heavy atom. The molecule has 1 aromatic heterocycles. The highest BCUT2D eigenvalue weighted by Crippen LogP contribution is 2.30. The SMILES string of the molecule is CC(C)(C)OC(=O)n1cnc(C2CC[C@H](N(Cc3ccccc3)Cc3ccccc3)CO2)c1. The third-order valence-electron chi connectivity index (χ3n) is 5.76. The first-order valence-corrected chi connectivity index (χ1v) is 11.6. The fourth-order valence-electron chi connectivity index (χ4n) is 4.13. The molecule has 0 saturated carbocycles. The molecule has 0 N–H and O–H groups in total. The summed E-state index contributed by atoms with van der Waals surface area (Å²) < 4.78 is 13.1. The topological polar surface area (TPSA) is 56.6 Å². The molecule has 6 heteroatoms. The van der Waals surface area contributed by atoms with Crippen molar-refractivity contribution in [3.05, 3.63) is 90.0 Å². The first kappa shape index (κ1) is 23.2. The molecule has 1 aliphatic heterocycles. The molecule has 33 heavy (non-hydrogen) atoms. The van der Waals surface area contributed by atoms with E-state index in [1.54, 1.807) is 6.20 Å². The molecule has 1 aliphatic rings. The van der Waals surface area contributed by atoms with Crippen LogP contribution >= 0.6 is 0 Å². The molecule has 2 atom stereocenters. The molecule has 1 saturated heterocycles. The lowest BCUT2D eigenvalue weighted by Crippen LogP contribution is -2.41. The number of imidazole rings is 1. The molecule has 0 bridgehead atoms. The monoisotopic (exact) mass is 447 g/mol. The highest BCUT2D eigenvalue weighted by Gasteiger charge is 2.29. The number of benzene rings is 2. The van der Waals surface area contributed by atoms with Gasteiger partial charge in [-0.1, -0.05) is 60.7 Å². The summed E-state index contributed by atoms with van der Waals surface area (Å²) >= 11 is 0. The number of hydrogen-bond acceptors (Lipinski definition) is 5. The summed E-state index contributed by atoms with van der Waals surface area (Å²) in [6.07, 6.45) is 4.56. The van der Waals surface area contributed by atoms with Crippen LogP contribution in [-0.2, 0) is 22.6 Å². The number of rotatable bonds is 6. The molecule has 4 rings (SSSR count). The summed E-state index contributed by atoms with van der Waals surface area (Å²) in [4.78, 5) is 19.2. The predicted octanol–water partition coefficient (Wildman–Crippen LogP) is 5.59. The van der Waals surface area contributed by atoms with Gasteiger partial charge in [0.15, 0.2) is 0 Å². The zero-order valence-corrected chi connectivity index (χ0v) is 19.7. The molecule has 0 aliphatic carbocycles. The molecular weight excluding hydrogens is 414 g/mol. The third kappa shape index (κ3) is 6.53. The summed E-state index contributed by atoms with van der Waals surface area (Å²) in [6.45, 7) is 7.93. The summed E-state index contributed by atoms with van der Waals surface area (Å²) in [6, 6.07) is 21.5. The summed E-state index contributed by atoms with van der Waals surface area (Å²) in [5.74, 6) is 0. The maximum Gasteiger partial charge on any atom is 0.419 e. The average molecular weight is 448 g/mol. The van der Waals surface area contributed by atoms with Crippen molar-refractivity contribution >= 4 is 6.09 Å². The predicted molar refractivity (Wildman–Crippen MR) is 128 cm³/mol. The largest absolute Gasteiger partial charge is 0.443 e. The number of ether oxygens (including phenoxy) is 2. The lowest BCUT2D eigenvalue weighted by Gasteiger charge is -2.36. The second-order valence-corrected chi connectivity index (χ2v) is 9.62. The molecule has 1 unspecified atom stereocenters. The Balaban J connectivity index is 1.40. The zero-order chi connectivity index (χ0) is 23.3. The number of carbonyl (C=O) groups is 1. The Morgan fingerprint density at radius 2 is 1.64 bits per heavy atom. The number of carbonyl (C=O) groups excluding carboxylic acids is 1. The molecular formula is C27H33N3O3. The Morgan fingerprint density at radius 1 is 1.03 bits per heavy atom. The van der Waals surface area contributed by atoms with Gasteiger partial charge in [0.25, 0.3) is 0 Å². The zero-order valence-electron chi connectivity index (χ0n) is 19.7. The molecule has 0 spiro atoms. The van der Waals surface area contributed by atoms with E-state index in [4.69, 9.17) is 9.47 Å².